The van der Waals surface area contributed by atoms with E-state index in [1.54, 1.807) is 12.1 Å². The molecule has 2 atom stereocenters. The second-order valence-electron chi connectivity index (χ2n) is 5.38. The standard InChI is InChI=1S/C15H24N2O2S2/c1-3-16-11-12-6-4-5-7-15(12)21(18,19)17-13-8-9-14(10-13)20-2/h4-7,13-14,16-17H,3,8-11H2,1-2H3. The Kier molecular flexibility index (Phi) is 6.10. The smallest absolute Gasteiger partial charge is 0.241 e. The molecule has 0 heterocycles. The summed E-state index contributed by atoms with van der Waals surface area (Å²) in [6, 6.07) is 7.29. The SMILES string of the molecule is CCNCc1ccccc1S(=O)(=O)NC1CCC(SC)C1. The predicted octanol–water partition coefficient (Wildman–Crippen LogP) is 2.36. The van der Waals surface area contributed by atoms with Crippen molar-refractivity contribution in [2.45, 2.75) is 48.9 Å². The third kappa shape index (κ3) is 4.45. The molecule has 1 aliphatic carbocycles. The Morgan fingerprint density at radius 2 is 2.05 bits per heavy atom. The molecule has 6 heteroatoms. The molecule has 0 spiro atoms. The number of benzene rings is 1. The predicted molar refractivity (Wildman–Crippen MR) is 89.1 cm³/mol. The molecule has 0 aliphatic heterocycles. The monoisotopic (exact) mass is 328 g/mol. The molecule has 0 bridgehead atoms. The highest BCUT2D eigenvalue weighted by molar-refractivity contribution is 7.99. The van der Waals surface area contributed by atoms with Crippen LogP contribution in [0.25, 0.3) is 0 Å². The zero-order chi connectivity index (χ0) is 15.3. The van der Waals surface area contributed by atoms with Gasteiger partial charge in [0.15, 0.2) is 0 Å². The van der Waals surface area contributed by atoms with Gasteiger partial charge in [-0.3, -0.25) is 0 Å². The highest BCUT2D eigenvalue weighted by Gasteiger charge is 2.29. The van der Waals surface area contributed by atoms with Gasteiger partial charge in [-0.15, -0.1) is 0 Å². The van der Waals surface area contributed by atoms with E-state index in [-0.39, 0.29) is 6.04 Å². The van der Waals surface area contributed by atoms with Gasteiger partial charge in [-0.05, 0) is 43.7 Å². The van der Waals surface area contributed by atoms with Gasteiger partial charge in [0.05, 0.1) is 4.90 Å². The first-order chi connectivity index (χ1) is 10.1. The lowest BCUT2D eigenvalue weighted by Gasteiger charge is -2.16. The second-order valence-corrected chi connectivity index (χ2v) is 8.20. The Labute approximate surface area is 132 Å². The quantitative estimate of drug-likeness (QED) is 0.807. The molecule has 1 saturated carbocycles. The maximum absolute atomic E-state index is 12.6. The summed E-state index contributed by atoms with van der Waals surface area (Å²) in [6.45, 7) is 3.40. The van der Waals surface area contributed by atoms with Crippen molar-refractivity contribution in [1.82, 2.24) is 10.0 Å². The van der Waals surface area contributed by atoms with Crippen LogP contribution in [-0.2, 0) is 16.6 Å². The first-order valence-corrected chi connectivity index (χ1v) is 10.2. The Bertz CT molecular complexity index is 561. The minimum absolute atomic E-state index is 0.0691. The minimum atomic E-state index is -3.44. The highest BCUT2D eigenvalue weighted by atomic mass is 32.2. The lowest BCUT2D eigenvalue weighted by atomic mass is 10.2. The van der Waals surface area contributed by atoms with E-state index in [1.807, 2.05) is 30.8 Å². The van der Waals surface area contributed by atoms with Crippen LogP contribution in [0.1, 0.15) is 31.7 Å². The van der Waals surface area contributed by atoms with E-state index >= 15 is 0 Å². The first kappa shape index (κ1) is 16.8. The van der Waals surface area contributed by atoms with Crippen molar-refractivity contribution in [2.24, 2.45) is 0 Å². The third-order valence-corrected chi connectivity index (χ3v) is 6.58. The van der Waals surface area contributed by atoms with E-state index < -0.39 is 10.0 Å². The number of nitrogens with one attached hydrogen (secondary N) is 2. The van der Waals surface area contributed by atoms with Crippen LogP contribution in [0.2, 0.25) is 0 Å². The first-order valence-electron chi connectivity index (χ1n) is 7.40. The van der Waals surface area contributed by atoms with Crippen molar-refractivity contribution in [3.8, 4) is 0 Å². The Hall–Kier alpha value is -0.560. The molecule has 0 amide bonds. The normalized spacial score (nSPS) is 22.6. The number of hydrogen-bond acceptors (Lipinski definition) is 4. The van der Waals surface area contributed by atoms with Crippen molar-refractivity contribution in [3.05, 3.63) is 29.8 Å². The lowest BCUT2D eigenvalue weighted by molar-refractivity contribution is 0.550. The highest BCUT2D eigenvalue weighted by Crippen LogP contribution is 2.29. The average Bonchev–Trinajstić information content (AvgIpc) is 2.92. The molecule has 1 aromatic carbocycles. The molecular formula is C15H24N2O2S2. The summed E-state index contributed by atoms with van der Waals surface area (Å²) in [7, 11) is -3.44. The third-order valence-electron chi connectivity index (χ3n) is 3.87. The molecule has 0 aromatic heterocycles. The van der Waals surface area contributed by atoms with E-state index in [4.69, 9.17) is 0 Å². The van der Waals surface area contributed by atoms with Crippen LogP contribution in [0.3, 0.4) is 0 Å². The summed E-state index contributed by atoms with van der Waals surface area (Å²) in [4.78, 5) is 0.401. The van der Waals surface area contributed by atoms with E-state index in [9.17, 15) is 8.42 Å². The zero-order valence-electron chi connectivity index (χ0n) is 12.6. The van der Waals surface area contributed by atoms with Gasteiger partial charge < -0.3 is 5.32 Å². The Balaban J connectivity index is 2.12. The molecule has 0 radical (unpaired) electrons. The molecule has 21 heavy (non-hydrogen) atoms. The zero-order valence-corrected chi connectivity index (χ0v) is 14.3. The summed E-state index contributed by atoms with van der Waals surface area (Å²) in [5.74, 6) is 0. The topological polar surface area (TPSA) is 58.2 Å². The molecular weight excluding hydrogens is 304 g/mol. The van der Waals surface area contributed by atoms with Gasteiger partial charge in [0.25, 0.3) is 0 Å². The van der Waals surface area contributed by atoms with Crippen LogP contribution in [0.5, 0.6) is 0 Å². The maximum Gasteiger partial charge on any atom is 0.241 e. The van der Waals surface area contributed by atoms with Crippen molar-refractivity contribution in [2.75, 3.05) is 12.8 Å². The maximum atomic E-state index is 12.6. The van der Waals surface area contributed by atoms with E-state index in [0.717, 1.165) is 31.4 Å². The molecule has 118 valence electrons. The van der Waals surface area contributed by atoms with Crippen molar-refractivity contribution >= 4 is 21.8 Å². The summed E-state index contributed by atoms with van der Waals surface area (Å²) in [6.07, 6.45) is 5.04. The largest absolute Gasteiger partial charge is 0.313 e. The fourth-order valence-corrected chi connectivity index (χ4v) is 5.04. The molecule has 1 aliphatic rings. The number of sulfonamides is 1. The van der Waals surface area contributed by atoms with Gasteiger partial charge >= 0.3 is 0 Å². The van der Waals surface area contributed by atoms with Crippen LogP contribution in [0, 0.1) is 0 Å². The van der Waals surface area contributed by atoms with Crippen molar-refractivity contribution in [3.63, 3.8) is 0 Å². The summed E-state index contributed by atoms with van der Waals surface area (Å²) >= 11 is 1.83. The van der Waals surface area contributed by atoms with E-state index in [0.29, 0.717) is 16.7 Å². The fourth-order valence-electron chi connectivity index (χ4n) is 2.72. The summed E-state index contributed by atoms with van der Waals surface area (Å²) in [5, 5.41) is 3.77. The van der Waals surface area contributed by atoms with Crippen molar-refractivity contribution in [1.29, 1.82) is 0 Å². The molecule has 4 nitrogen and oxygen atoms in total. The number of hydrogen-bond donors (Lipinski definition) is 2. The van der Waals surface area contributed by atoms with E-state index in [1.165, 1.54) is 0 Å². The molecule has 1 aromatic rings. The summed E-state index contributed by atoms with van der Waals surface area (Å²) in [5.41, 5.74) is 0.825. The molecule has 2 unspecified atom stereocenters. The van der Waals surface area contributed by atoms with Crippen molar-refractivity contribution < 1.29 is 8.42 Å². The average molecular weight is 329 g/mol. The van der Waals surface area contributed by atoms with Gasteiger partial charge in [-0.1, -0.05) is 25.1 Å². The molecule has 1 fully saturated rings. The molecule has 2 N–H and O–H groups in total. The number of rotatable bonds is 7. The number of thioether (sulfide) groups is 1. The van der Waals surface area contributed by atoms with Crippen LogP contribution in [-0.4, -0.2) is 32.5 Å². The Morgan fingerprint density at radius 3 is 2.71 bits per heavy atom. The van der Waals surface area contributed by atoms with Gasteiger partial charge in [-0.25, -0.2) is 13.1 Å². The lowest BCUT2D eigenvalue weighted by Crippen LogP contribution is -2.34. The van der Waals surface area contributed by atoms with Crippen LogP contribution >= 0.6 is 11.8 Å². The molecule has 0 saturated heterocycles. The van der Waals surface area contributed by atoms with Gasteiger partial charge in [-0.2, -0.15) is 11.8 Å². The molecule has 2 rings (SSSR count). The van der Waals surface area contributed by atoms with Gasteiger partial charge in [0, 0.05) is 17.8 Å². The van der Waals surface area contributed by atoms with Crippen LogP contribution in [0.15, 0.2) is 29.2 Å². The van der Waals surface area contributed by atoms with E-state index in [2.05, 4.69) is 16.3 Å². The fraction of sp³-hybridized carbons (Fsp3) is 0.600. The van der Waals surface area contributed by atoms with Gasteiger partial charge in [0.2, 0.25) is 10.0 Å². The second kappa shape index (κ2) is 7.63. The summed E-state index contributed by atoms with van der Waals surface area (Å²) < 4.78 is 28.1. The van der Waals surface area contributed by atoms with Gasteiger partial charge in [0.1, 0.15) is 0 Å². The van der Waals surface area contributed by atoms with Crippen LogP contribution < -0.4 is 10.0 Å². The van der Waals surface area contributed by atoms with Crippen LogP contribution in [0.4, 0.5) is 0 Å². The Morgan fingerprint density at radius 1 is 1.29 bits per heavy atom. The minimum Gasteiger partial charge on any atom is -0.313 e.